The Bertz CT molecular complexity index is 422. The molecule has 3 nitrogen and oxygen atoms in total. The minimum atomic E-state index is -0.576. The number of likely N-dealkylation sites (N-methyl/N-ethyl adjacent to an activating group) is 1. The molecule has 0 saturated carbocycles. The topological polar surface area (TPSA) is 55.1 Å². The lowest BCUT2D eigenvalue weighted by Gasteiger charge is -2.25. The molecule has 0 saturated heterocycles. The van der Waals surface area contributed by atoms with Crippen molar-refractivity contribution >= 4 is 17.7 Å². The molecule has 0 radical (unpaired) electrons. The summed E-state index contributed by atoms with van der Waals surface area (Å²) in [5, 5.41) is 3.01. The molecule has 0 aliphatic rings. The molecule has 106 valence electrons. The normalized spacial score (nSPS) is 14.1. The fourth-order valence-electron chi connectivity index (χ4n) is 1.85. The number of amides is 1. The molecule has 0 aliphatic heterocycles. The van der Waals surface area contributed by atoms with Crippen molar-refractivity contribution < 1.29 is 4.79 Å². The summed E-state index contributed by atoms with van der Waals surface area (Å²) in [7, 11) is 1.78. The Morgan fingerprint density at radius 3 is 2.63 bits per heavy atom. The van der Waals surface area contributed by atoms with Gasteiger partial charge in [0.05, 0.1) is 5.54 Å². The molecular weight excluding hydrogens is 256 g/mol. The van der Waals surface area contributed by atoms with Gasteiger partial charge in [-0.2, -0.15) is 0 Å². The van der Waals surface area contributed by atoms with Crippen molar-refractivity contribution in [2.45, 2.75) is 43.5 Å². The van der Waals surface area contributed by atoms with Crippen LogP contribution in [0.5, 0.6) is 0 Å². The highest BCUT2D eigenvalue weighted by molar-refractivity contribution is 7.99. The SMILES string of the molecule is CNC(C)(CCCCSc1ccccc1C)C(N)=O. The summed E-state index contributed by atoms with van der Waals surface area (Å²) in [6.07, 6.45) is 2.87. The zero-order valence-electron chi connectivity index (χ0n) is 12.0. The second kappa shape index (κ2) is 7.56. The fourth-order valence-corrected chi connectivity index (χ4v) is 2.89. The van der Waals surface area contributed by atoms with Gasteiger partial charge in [0.25, 0.3) is 0 Å². The number of carbonyl (C=O) groups excluding carboxylic acids is 1. The van der Waals surface area contributed by atoms with Gasteiger partial charge in [0.15, 0.2) is 0 Å². The first kappa shape index (κ1) is 16.1. The van der Waals surface area contributed by atoms with Gasteiger partial charge in [-0.1, -0.05) is 24.6 Å². The lowest BCUT2D eigenvalue weighted by atomic mass is 9.94. The predicted molar refractivity (Wildman–Crippen MR) is 82.4 cm³/mol. The summed E-state index contributed by atoms with van der Waals surface area (Å²) in [5.41, 5.74) is 6.15. The van der Waals surface area contributed by atoms with Crippen LogP contribution in [0.2, 0.25) is 0 Å². The van der Waals surface area contributed by atoms with E-state index >= 15 is 0 Å². The molecule has 1 aromatic rings. The number of benzene rings is 1. The molecule has 1 amide bonds. The quantitative estimate of drug-likeness (QED) is 0.568. The highest BCUT2D eigenvalue weighted by atomic mass is 32.2. The van der Waals surface area contributed by atoms with E-state index in [0.717, 1.165) is 25.0 Å². The number of primary amides is 1. The predicted octanol–water partition coefficient (Wildman–Crippen LogP) is 2.72. The summed E-state index contributed by atoms with van der Waals surface area (Å²) in [5.74, 6) is 0.796. The van der Waals surface area contributed by atoms with E-state index in [1.165, 1.54) is 10.5 Å². The maximum absolute atomic E-state index is 11.3. The minimum absolute atomic E-state index is 0.276. The molecular formula is C15H24N2OS. The van der Waals surface area contributed by atoms with Gasteiger partial charge in [0.1, 0.15) is 0 Å². The van der Waals surface area contributed by atoms with E-state index in [0.29, 0.717) is 0 Å². The first-order chi connectivity index (χ1) is 8.99. The van der Waals surface area contributed by atoms with Crippen LogP contribution in [-0.2, 0) is 4.79 Å². The standard InChI is InChI=1S/C15H24N2OS/c1-12-8-4-5-9-13(12)19-11-7-6-10-15(2,17-3)14(16)18/h4-5,8-9,17H,6-7,10-11H2,1-3H3,(H2,16,18). The maximum Gasteiger partial charge on any atom is 0.237 e. The number of hydrogen-bond donors (Lipinski definition) is 2. The third kappa shape index (κ3) is 4.88. The van der Waals surface area contributed by atoms with Crippen LogP contribution in [-0.4, -0.2) is 24.2 Å². The number of aryl methyl sites for hydroxylation is 1. The Morgan fingerprint density at radius 1 is 1.37 bits per heavy atom. The molecule has 1 unspecified atom stereocenters. The number of thioether (sulfide) groups is 1. The third-order valence-corrected chi connectivity index (χ3v) is 4.78. The van der Waals surface area contributed by atoms with Gasteiger partial charge in [0, 0.05) is 4.90 Å². The monoisotopic (exact) mass is 280 g/mol. The van der Waals surface area contributed by atoms with Gasteiger partial charge in [-0.15, -0.1) is 11.8 Å². The molecule has 1 atom stereocenters. The highest BCUT2D eigenvalue weighted by Crippen LogP contribution is 2.23. The number of hydrogen-bond acceptors (Lipinski definition) is 3. The zero-order valence-corrected chi connectivity index (χ0v) is 12.8. The highest BCUT2D eigenvalue weighted by Gasteiger charge is 2.27. The van der Waals surface area contributed by atoms with Crippen LogP contribution >= 0.6 is 11.8 Å². The van der Waals surface area contributed by atoms with Gasteiger partial charge in [0.2, 0.25) is 5.91 Å². The first-order valence-electron chi connectivity index (χ1n) is 6.67. The van der Waals surface area contributed by atoms with Crippen molar-refractivity contribution in [3.8, 4) is 0 Å². The number of carbonyl (C=O) groups is 1. The average Bonchev–Trinajstić information content (AvgIpc) is 2.39. The van der Waals surface area contributed by atoms with E-state index in [1.807, 2.05) is 18.7 Å². The number of nitrogens with one attached hydrogen (secondary N) is 1. The lowest BCUT2D eigenvalue weighted by molar-refractivity contribution is -0.123. The van der Waals surface area contributed by atoms with E-state index in [1.54, 1.807) is 7.05 Å². The van der Waals surface area contributed by atoms with Crippen molar-refractivity contribution in [1.29, 1.82) is 0 Å². The Labute approximate surface area is 120 Å². The lowest BCUT2D eigenvalue weighted by Crippen LogP contribution is -2.51. The van der Waals surface area contributed by atoms with Crippen molar-refractivity contribution in [3.05, 3.63) is 29.8 Å². The second-order valence-electron chi connectivity index (χ2n) is 5.02. The van der Waals surface area contributed by atoms with Crippen LogP contribution < -0.4 is 11.1 Å². The van der Waals surface area contributed by atoms with Crippen LogP contribution in [0.1, 0.15) is 31.7 Å². The molecule has 0 bridgehead atoms. The Kier molecular flexibility index (Phi) is 6.38. The van der Waals surface area contributed by atoms with Crippen molar-refractivity contribution in [1.82, 2.24) is 5.32 Å². The maximum atomic E-state index is 11.3. The van der Waals surface area contributed by atoms with Crippen molar-refractivity contribution in [3.63, 3.8) is 0 Å². The minimum Gasteiger partial charge on any atom is -0.368 e. The van der Waals surface area contributed by atoms with Crippen molar-refractivity contribution in [2.24, 2.45) is 5.73 Å². The molecule has 19 heavy (non-hydrogen) atoms. The van der Waals surface area contributed by atoms with Crippen LogP contribution in [0.15, 0.2) is 29.2 Å². The van der Waals surface area contributed by atoms with Gasteiger partial charge in [-0.3, -0.25) is 4.79 Å². The Morgan fingerprint density at radius 2 is 2.05 bits per heavy atom. The fraction of sp³-hybridized carbons (Fsp3) is 0.533. The van der Waals surface area contributed by atoms with Gasteiger partial charge in [-0.25, -0.2) is 0 Å². The molecule has 0 aromatic heterocycles. The van der Waals surface area contributed by atoms with Crippen molar-refractivity contribution in [2.75, 3.05) is 12.8 Å². The Balaban J connectivity index is 2.29. The number of unbranched alkanes of at least 4 members (excludes halogenated alkanes) is 1. The number of nitrogens with two attached hydrogens (primary N) is 1. The molecule has 0 heterocycles. The van der Waals surface area contributed by atoms with Crippen LogP contribution in [0, 0.1) is 6.92 Å². The van der Waals surface area contributed by atoms with E-state index in [-0.39, 0.29) is 5.91 Å². The largest absolute Gasteiger partial charge is 0.368 e. The summed E-state index contributed by atoms with van der Waals surface area (Å²) in [6, 6.07) is 8.42. The summed E-state index contributed by atoms with van der Waals surface area (Å²) < 4.78 is 0. The van der Waals surface area contributed by atoms with Crippen LogP contribution in [0.25, 0.3) is 0 Å². The van der Waals surface area contributed by atoms with Gasteiger partial charge >= 0.3 is 0 Å². The first-order valence-corrected chi connectivity index (χ1v) is 7.65. The van der Waals surface area contributed by atoms with E-state index in [9.17, 15) is 4.79 Å². The third-order valence-electron chi connectivity index (χ3n) is 3.52. The molecule has 0 fully saturated rings. The van der Waals surface area contributed by atoms with Crippen LogP contribution in [0.3, 0.4) is 0 Å². The van der Waals surface area contributed by atoms with Gasteiger partial charge in [-0.05, 0) is 51.1 Å². The number of rotatable bonds is 8. The summed E-state index contributed by atoms with van der Waals surface area (Å²) in [4.78, 5) is 12.7. The molecule has 1 rings (SSSR count). The van der Waals surface area contributed by atoms with Crippen LogP contribution in [0.4, 0.5) is 0 Å². The van der Waals surface area contributed by atoms with E-state index < -0.39 is 5.54 Å². The average molecular weight is 280 g/mol. The van der Waals surface area contributed by atoms with E-state index in [2.05, 4.69) is 36.5 Å². The second-order valence-corrected chi connectivity index (χ2v) is 6.15. The smallest absolute Gasteiger partial charge is 0.237 e. The molecule has 1 aromatic carbocycles. The van der Waals surface area contributed by atoms with E-state index in [4.69, 9.17) is 5.73 Å². The molecule has 3 N–H and O–H groups in total. The molecule has 4 heteroatoms. The Hall–Kier alpha value is -1.00. The molecule has 0 spiro atoms. The zero-order chi connectivity index (χ0) is 14.3. The van der Waals surface area contributed by atoms with Gasteiger partial charge < -0.3 is 11.1 Å². The molecule has 0 aliphatic carbocycles. The summed E-state index contributed by atoms with van der Waals surface area (Å²) >= 11 is 1.88. The summed E-state index contributed by atoms with van der Waals surface area (Å²) in [6.45, 7) is 4.00.